The molecule has 0 bridgehead atoms. The minimum atomic E-state index is -0.849. The highest BCUT2D eigenvalue weighted by molar-refractivity contribution is 14.1. The van der Waals surface area contributed by atoms with E-state index in [1.807, 2.05) is 0 Å². The Hall–Kier alpha value is -2.20. The third kappa shape index (κ3) is 9.58. The predicted octanol–water partition coefficient (Wildman–Crippen LogP) is 5.22. The fraction of sp³-hybridized carbons (Fsp3) is 0.462. The van der Waals surface area contributed by atoms with E-state index in [4.69, 9.17) is 9.47 Å². The summed E-state index contributed by atoms with van der Waals surface area (Å²) in [6.45, 7) is 0.101. The molecule has 2 rings (SSSR count). The first kappa shape index (κ1) is 28.0. The standard InChI is InChI=1S/C26H33FINO5/c1-33-21-12-8-19(9-13-21)24(30)6-2-3-7-25(31)29-23(18-28)26(32)20-10-14-22(15-11-20)34-17-5-4-16-27/h8-15,23,26,32H,2-7,16-18H2,1H3,(H,29,31)/t23-,26-/m1/s1. The third-order valence-electron chi connectivity index (χ3n) is 5.38. The number of amides is 1. The van der Waals surface area contributed by atoms with Crippen molar-refractivity contribution in [3.8, 4) is 11.5 Å². The van der Waals surface area contributed by atoms with Gasteiger partial charge in [-0.2, -0.15) is 0 Å². The molecular formula is C26H33FINO5. The number of aliphatic hydroxyl groups excluding tert-OH is 1. The Labute approximate surface area is 214 Å². The number of aliphatic hydroxyl groups is 1. The van der Waals surface area contributed by atoms with Crippen LogP contribution in [-0.4, -0.2) is 47.7 Å². The van der Waals surface area contributed by atoms with Gasteiger partial charge in [0.15, 0.2) is 5.78 Å². The van der Waals surface area contributed by atoms with Crippen LogP contribution in [0.15, 0.2) is 48.5 Å². The van der Waals surface area contributed by atoms with Gasteiger partial charge in [-0.15, -0.1) is 0 Å². The number of unbranched alkanes of at least 4 members (excludes halogenated alkanes) is 2. The molecule has 0 aliphatic carbocycles. The van der Waals surface area contributed by atoms with Gasteiger partial charge in [-0.3, -0.25) is 14.0 Å². The lowest BCUT2D eigenvalue weighted by Crippen LogP contribution is -2.40. The normalized spacial score (nSPS) is 12.6. The van der Waals surface area contributed by atoms with Crippen molar-refractivity contribution in [2.45, 2.75) is 50.7 Å². The molecule has 0 radical (unpaired) electrons. The summed E-state index contributed by atoms with van der Waals surface area (Å²) in [5.74, 6) is 1.26. The summed E-state index contributed by atoms with van der Waals surface area (Å²) in [5.41, 5.74) is 1.32. The quantitative estimate of drug-likeness (QED) is 0.122. The molecule has 8 heteroatoms. The molecule has 6 nitrogen and oxygen atoms in total. The lowest BCUT2D eigenvalue weighted by Gasteiger charge is -2.23. The van der Waals surface area contributed by atoms with Gasteiger partial charge >= 0.3 is 0 Å². The lowest BCUT2D eigenvalue weighted by atomic mass is 10.0. The minimum absolute atomic E-state index is 0.0402. The summed E-state index contributed by atoms with van der Waals surface area (Å²) in [5, 5.41) is 13.6. The number of benzene rings is 2. The van der Waals surface area contributed by atoms with Crippen molar-refractivity contribution in [3.05, 3.63) is 59.7 Å². The monoisotopic (exact) mass is 585 g/mol. The minimum Gasteiger partial charge on any atom is -0.497 e. The number of ketones is 1. The molecule has 0 saturated carbocycles. The van der Waals surface area contributed by atoms with Crippen LogP contribution in [0.4, 0.5) is 4.39 Å². The Morgan fingerprint density at radius 3 is 2.24 bits per heavy atom. The van der Waals surface area contributed by atoms with Crippen LogP contribution in [0.2, 0.25) is 0 Å². The van der Waals surface area contributed by atoms with E-state index >= 15 is 0 Å². The smallest absolute Gasteiger partial charge is 0.220 e. The maximum atomic E-state index is 12.4. The zero-order valence-electron chi connectivity index (χ0n) is 19.5. The molecule has 2 aromatic rings. The number of carbonyl (C=O) groups is 2. The molecule has 0 aromatic heterocycles. The first-order chi connectivity index (χ1) is 16.5. The molecule has 186 valence electrons. The predicted molar refractivity (Wildman–Crippen MR) is 139 cm³/mol. The summed E-state index contributed by atoms with van der Waals surface area (Å²) in [6, 6.07) is 13.6. The van der Waals surface area contributed by atoms with Crippen molar-refractivity contribution in [2.75, 3.05) is 24.8 Å². The summed E-state index contributed by atoms with van der Waals surface area (Å²) in [7, 11) is 1.58. The van der Waals surface area contributed by atoms with E-state index < -0.39 is 12.1 Å². The number of rotatable bonds is 16. The Morgan fingerprint density at radius 2 is 1.62 bits per heavy atom. The molecule has 0 fully saturated rings. The van der Waals surface area contributed by atoms with Gasteiger partial charge in [0.2, 0.25) is 5.91 Å². The molecule has 0 saturated heterocycles. The summed E-state index contributed by atoms with van der Waals surface area (Å²) >= 11 is 2.14. The van der Waals surface area contributed by atoms with E-state index in [0.29, 0.717) is 72.2 Å². The van der Waals surface area contributed by atoms with Crippen molar-refractivity contribution in [2.24, 2.45) is 0 Å². The van der Waals surface area contributed by atoms with Crippen LogP contribution in [0, 0.1) is 0 Å². The third-order valence-corrected chi connectivity index (χ3v) is 6.33. The summed E-state index contributed by atoms with van der Waals surface area (Å²) < 4.78 is 23.3. The maximum Gasteiger partial charge on any atom is 0.220 e. The maximum absolute atomic E-state index is 12.4. The fourth-order valence-electron chi connectivity index (χ4n) is 3.35. The van der Waals surface area contributed by atoms with E-state index in [0.717, 1.165) is 0 Å². The Morgan fingerprint density at radius 1 is 0.971 bits per heavy atom. The molecule has 0 aliphatic heterocycles. The van der Waals surface area contributed by atoms with Crippen molar-refractivity contribution in [1.82, 2.24) is 5.32 Å². The second-order valence-electron chi connectivity index (χ2n) is 7.95. The van der Waals surface area contributed by atoms with Crippen molar-refractivity contribution < 1.29 is 28.6 Å². The highest BCUT2D eigenvalue weighted by atomic mass is 127. The number of methoxy groups -OCH3 is 1. The number of Topliss-reactive ketones (excluding diaryl/α,β-unsaturated/α-hetero) is 1. The Kier molecular flexibility index (Phi) is 12.9. The number of ether oxygens (including phenoxy) is 2. The van der Waals surface area contributed by atoms with Gasteiger partial charge in [-0.1, -0.05) is 34.7 Å². The van der Waals surface area contributed by atoms with Crippen molar-refractivity contribution in [1.29, 1.82) is 0 Å². The topological polar surface area (TPSA) is 84.9 Å². The molecular weight excluding hydrogens is 552 g/mol. The van der Waals surface area contributed by atoms with Crippen LogP contribution in [-0.2, 0) is 4.79 Å². The van der Waals surface area contributed by atoms with Gasteiger partial charge in [0.05, 0.1) is 32.5 Å². The molecule has 2 atom stereocenters. The molecule has 0 spiro atoms. The number of carbonyl (C=O) groups excluding carboxylic acids is 2. The van der Waals surface area contributed by atoms with Crippen LogP contribution < -0.4 is 14.8 Å². The largest absolute Gasteiger partial charge is 0.497 e. The SMILES string of the molecule is COc1ccc(C(=O)CCCCC(=O)N[C@H](CI)[C@H](O)c2ccc(OCCCCF)cc2)cc1. The van der Waals surface area contributed by atoms with E-state index in [1.165, 1.54) is 0 Å². The van der Waals surface area contributed by atoms with E-state index in [9.17, 15) is 19.1 Å². The fourth-order valence-corrected chi connectivity index (χ4v) is 4.06. The first-order valence-corrected chi connectivity index (χ1v) is 13.0. The van der Waals surface area contributed by atoms with E-state index in [1.54, 1.807) is 55.6 Å². The zero-order chi connectivity index (χ0) is 24.8. The van der Waals surface area contributed by atoms with Gasteiger partial charge in [0, 0.05) is 22.8 Å². The molecule has 0 unspecified atom stereocenters. The Balaban J connectivity index is 1.73. The number of nitrogens with one attached hydrogen (secondary N) is 1. The average molecular weight is 585 g/mol. The van der Waals surface area contributed by atoms with Gasteiger partial charge in [-0.05, 0) is 67.6 Å². The highest BCUT2D eigenvalue weighted by Crippen LogP contribution is 2.22. The average Bonchev–Trinajstić information content (AvgIpc) is 2.87. The van der Waals surface area contributed by atoms with Gasteiger partial charge in [-0.25, -0.2) is 0 Å². The number of alkyl halides is 2. The second-order valence-corrected chi connectivity index (χ2v) is 8.83. The highest BCUT2D eigenvalue weighted by Gasteiger charge is 2.22. The number of hydrogen-bond acceptors (Lipinski definition) is 5. The lowest BCUT2D eigenvalue weighted by molar-refractivity contribution is -0.122. The Bertz CT molecular complexity index is 876. The second kappa shape index (κ2) is 15.7. The first-order valence-electron chi connectivity index (χ1n) is 11.5. The summed E-state index contributed by atoms with van der Waals surface area (Å²) in [6.07, 6.45) is 2.15. The van der Waals surface area contributed by atoms with Gasteiger partial charge < -0.3 is 19.9 Å². The number of hydrogen-bond donors (Lipinski definition) is 2. The molecule has 2 N–H and O–H groups in total. The van der Waals surface area contributed by atoms with Crippen molar-refractivity contribution in [3.63, 3.8) is 0 Å². The van der Waals surface area contributed by atoms with Crippen LogP contribution in [0.3, 0.4) is 0 Å². The zero-order valence-corrected chi connectivity index (χ0v) is 21.6. The van der Waals surface area contributed by atoms with Crippen LogP contribution in [0.25, 0.3) is 0 Å². The van der Waals surface area contributed by atoms with Gasteiger partial charge in [0.1, 0.15) is 11.5 Å². The molecule has 0 aliphatic rings. The number of halogens is 2. The van der Waals surface area contributed by atoms with E-state index in [-0.39, 0.29) is 18.4 Å². The van der Waals surface area contributed by atoms with Crippen LogP contribution in [0.5, 0.6) is 11.5 Å². The van der Waals surface area contributed by atoms with Crippen LogP contribution >= 0.6 is 22.6 Å². The molecule has 34 heavy (non-hydrogen) atoms. The summed E-state index contributed by atoms with van der Waals surface area (Å²) in [4.78, 5) is 24.7. The molecule has 1 amide bonds. The van der Waals surface area contributed by atoms with E-state index in [2.05, 4.69) is 27.9 Å². The van der Waals surface area contributed by atoms with Crippen LogP contribution in [0.1, 0.15) is 60.6 Å². The van der Waals surface area contributed by atoms with Gasteiger partial charge in [0.25, 0.3) is 0 Å². The molecule has 0 heterocycles. The van der Waals surface area contributed by atoms with Crippen molar-refractivity contribution >= 4 is 34.3 Å². The molecule has 2 aromatic carbocycles.